The highest BCUT2D eigenvalue weighted by atomic mass is 16.6. The number of nitrogens with zero attached hydrogens (tertiary/aromatic N) is 2. The minimum absolute atomic E-state index is 0.0651. The second-order valence-corrected chi connectivity index (χ2v) is 4.71. The van der Waals surface area contributed by atoms with Crippen molar-refractivity contribution in [1.82, 2.24) is 14.7 Å². The fourth-order valence-electron chi connectivity index (χ4n) is 2.21. The Morgan fingerprint density at radius 1 is 1.40 bits per heavy atom. The monoisotopic (exact) mass is 275 g/mol. The van der Waals surface area contributed by atoms with Crippen molar-refractivity contribution in [2.45, 2.75) is 12.6 Å². The van der Waals surface area contributed by atoms with Crippen molar-refractivity contribution in [2.75, 3.05) is 26.4 Å². The van der Waals surface area contributed by atoms with Gasteiger partial charge >= 0.3 is 0 Å². The zero-order chi connectivity index (χ0) is 13.8. The van der Waals surface area contributed by atoms with Gasteiger partial charge in [-0.25, -0.2) is 4.98 Å². The van der Waals surface area contributed by atoms with Crippen LogP contribution in [0.3, 0.4) is 0 Å². The Bertz CT molecular complexity index is 635. The van der Waals surface area contributed by atoms with Gasteiger partial charge in [0.15, 0.2) is 0 Å². The van der Waals surface area contributed by atoms with Crippen LogP contribution in [0.5, 0.6) is 0 Å². The molecule has 2 aromatic rings. The topological polar surface area (TPSA) is 64.9 Å². The van der Waals surface area contributed by atoms with Crippen LogP contribution in [0.4, 0.5) is 0 Å². The fourth-order valence-corrected chi connectivity index (χ4v) is 2.21. The summed E-state index contributed by atoms with van der Waals surface area (Å²) >= 11 is 0. The standard InChI is InChI=1S/C14H17N3O3/c18-14-7-11(16-13-3-1-2-4-17(13)14)8-15-9-12-10-19-5-6-20-12/h1-4,7,12,15H,5-6,8-10H2. The number of rotatable bonds is 4. The molecule has 0 aliphatic carbocycles. The van der Waals surface area contributed by atoms with Gasteiger partial charge in [0.05, 0.1) is 31.6 Å². The molecule has 0 amide bonds. The van der Waals surface area contributed by atoms with Crippen LogP contribution in [-0.2, 0) is 16.0 Å². The maximum absolute atomic E-state index is 11.9. The molecule has 1 N–H and O–H groups in total. The molecule has 1 aliphatic heterocycles. The lowest BCUT2D eigenvalue weighted by Gasteiger charge is -2.23. The first kappa shape index (κ1) is 13.2. The van der Waals surface area contributed by atoms with E-state index >= 15 is 0 Å². The van der Waals surface area contributed by atoms with E-state index in [9.17, 15) is 4.79 Å². The van der Waals surface area contributed by atoms with Crippen molar-refractivity contribution in [3.8, 4) is 0 Å². The molecule has 0 saturated carbocycles. The molecule has 0 spiro atoms. The second kappa shape index (κ2) is 6.13. The van der Waals surface area contributed by atoms with Crippen molar-refractivity contribution < 1.29 is 9.47 Å². The van der Waals surface area contributed by atoms with Crippen LogP contribution in [0, 0.1) is 0 Å². The first-order valence-corrected chi connectivity index (χ1v) is 6.70. The number of aromatic nitrogens is 2. The van der Waals surface area contributed by atoms with Crippen LogP contribution >= 0.6 is 0 Å². The molecule has 0 radical (unpaired) electrons. The molecule has 6 heteroatoms. The van der Waals surface area contributed by atoms with Crippen LogP contribution in [0.2, 0.25) is 0 Å². The maximum atomic E-state index is 11.9. The van der Waals surface area contributed by atoms with E-state index in [2.05, 4.69) is 10.3 Å². The minimum Gasteiger partial charge on any atom is -0.376 e. The van der Waals surface area contributed by atoms with Gasteiger partial charge in [0.2, 0.25) is 0 Å². The van der Waals surface area contributed by atoms with Crippen LogP contribution in [0.25, 0.3) is 5.65 Å². The van der Waals surface area contributed by atoms with Crippen molar-refractivity contribution in [2.24, 2.45) is 0 Å². The molecule has 1 saturated heterocycles. The van der Waals surface area contributed by atoms with E-state index in [1.54, 1.807) is 12.3 Å². The Balaban J connectivity index is 1.64. The summed E-state index contributed by atoms with van der Waals surface area (Å²) in [5, 5.41) is 3.25. The van der Waals surface area contributed by atoms with E-state index < -0.39 is 0 Å². The number of pyridine rings is 1. The molecule has 20 heavy (non-hydrogen) atoms. The van der Waals surface area contributed by atoms with Crippen molar-refractivity contribution in [3.05, 3.63) is 46.5 Å². The van der Waals surface area contributed by atoms with Gasteiger partial charge in [0.1, 0.15) is 5.65 Å². The molecule has 0 aromatic carbocycles. The Hall–Kier alpha value is -1.76. The van der Waals surface area contributed by atoms with E-state index in [1.165, 1.54) is 4.40 Å². The molecule has 106 valence electrons. The molecule has 1 aliphatic rings. The smallest absolute Gasteiger partial charge is 0.258 e. The summed E-state index contributed by atoms with van der Waals surface area (Å²) in [4.78, 5) is 16.4. The summed E-state index contributed by atoms with van der Waals surface area (Å²) in [5.74, 6) is 0. The summed E-state index contributed by atoms with van der Waals surface area (Å²) in [6, 6.07) is 7.06. The highest BCUT2D eigenvalue weighted by Gasteiger charge is 2.13. The van der Waals surface area contributed by atoms with Gasteiger partial charge < -0.3 is 14.8 Å². The highest BCUT2D eigenvalue weighted by molar-refractivity contribution is 5.37. The lowest BCUT2D eigenvalue weighted by molar-refractivity contribution is -0.0864. The van der Waals surface area contributed by atoms with Gasteiger partial charge in [-0.15, -0.1) is 0 Å². The Morgan fingerprint density at radius 2 is 2.35 bits per heavy atom. The molecule has 1 unspecified atom stereocenters. The van der Waals surface area contributed by atoms with Gasteiger partial charge in [0.25, 0.3) is 5.56 Å². The lowest BCUT2D eigenvalue weighted by atomic mass is 10.3. The summed E-state index contributed by atoms with van der Waals surface area (Å²) in [7, 11) is 0. The van der Waals surface area contributed by atoms with Crippen LogP contribution in [-0.4, -0.2) is 41.9 Å². The predicted octanol–water partition coefficient (Wildman–Crippen LogP) is 0.199. The Morgan fingerprint density at radius 3 is 3.20 bits per heavy atom. The molecule has 6 nitrogen and oxygen atoms in total. The summed E-state index contributed by atoms with van der Waals surface area (Å²) < 4.78 is 12.4. The zero-order valence-corrected chi connectivity index (χ0v) is 11.1. The van der Waals surface area contributed by atoms with E-state index in [0.29, 0.717) is 38.6 Å². The largest absolute Gasteiger partial charge is 0.376 e. The third-order valence-electron chi connectivity index (χ3n) is 3.19. The van der Waals surface area contributed by atoms with Gasteiger partial charge in [-0.05, 0) is 12.1 Å². The summed E-state index contributed by atoms with van der Waals surface area (Å²) in [6.45, 7) is 3.15. The number of hydrogen-bond acceptors (Lipinski definition) is 5. The number of nitrogens with one attached hydrogen (secondary N) is 1. The van der Waals surface area contributed by atoms with E-state index in [1.807, 2.05) is 18.2 Å². The lowest BCUT2D eigenvalue weighted by Crippen LogP contribution is -2.37. The average molecular weight is 275 g/mol. The molecule has 2 aromatic heterocycles. The fraction of sp³-hybridized carbons (Fsp3) is 0.429. The number of fused-ring (bicyclic) bond motifs is 1. The third kappa shape index (κ3) is 3.04. The molecule has 3 heterocycles. The van der Waals surface area contributed by atoms with E-state index in [-0.39, 0.29) is 11.7 Å². The first-order valence-electron chi connectivity index (χ1n) is 6.70. The van der Waals surface area contributed by atoms with Gasteiger partial charge in [-0.2, -0.15) is 0 Å². The molecular weight excluding hydrogens is 258 g/mol. The van der Waals surface area contributed by atoms with Crippen molar-refractivity contribution >= 4 is 5.65 Å². The van der Waals surface area contributed by atoms with E-state index in [0.717, 1.165) is 5.69 Å². The third-order valence-corrected chi connectivity index (χ3v) is 3.19. The van der Waals surface area contributed by atoms with Crippen molar-refractivity contribution in [3.63, 3.8) is 0 Å². The van der Waals surface area contributed by atoms with Crippen LogP contribution < -0.4 is 10.9 Å². The summed E-state index contributed by atoms with van der Waals surface area (Å²) in [5.41, 5.74) is 1.33. The molecular formula is C14H17N3O3. The SMILES string of the molecule is O=c1cc(CNCC2COCCO2)nc2ccccn12. The highest BCUT2D eigenvalue weighted by Crippen LogP contribution is 2.01. The van der Waals surface area contributed by atoms with Crippen LogP contribution in [0.1, 0.15) is 5.69 Å². The Kier molecular flexibility index (Phi) is 4.05. The number of hydrogen-bond donors (Lipinski definition) is 1. The molecule has 1 atom stereocenters. The normalized spacial score (nSPS) is 19.3. The van der Waals surface area contributed by atoms with Gasteiger partial charge in [-0.1, -0.05) is 6.07 Å². The van der Waals surface area contributed by atoms with Gasteiger partial charge in [-0.3, -0.25) is 9.20 Å². The van der Waals surface area contributed by atoms with Crippen molar-refractivity contribution in [1.29, 1.82) is 0 Å². The van der Waals surface area contributed by atoms with Crippen LogP contribution in [0.15, 0.2) is 35.3 Å². The summed E-state index contributed by atoms with van der Waals surface area (Å²) in [6.07, 6.45) is 1.79. The predicted molar refractivity (Wildman–Crippen MR) is 73.7 cm³/mol. The Labute approximate surface area is 116 Å². The van der Waals surface area contributed by atoms with Gasteiger partial charge in [0, 0.05) is 25.4 Å². The zero-order valence-electron chi connectivity index (χ0n) is 11.1. The number of ether oxygens (including phenoxy) is 2. The molecule has 0 bridgehead atoms. The quantitative estimate of drug-likeness (QED) is 0.863. The average Bonchev–Trinajstić information content (AvgIpc) is 2.48. The maximum Gasteiger partial charge on any atom is 0.258 e. The first-order chi connectivity index (χ1) is 9.83. The molecule has 1 fully saturated rings. The second-order valence-electron chi connectivity index (χ2n) is 4.71. The molecule has 3 rings (SSSR count). The van der Waals surface area contributed by atoms with E-state index in [4.69, 9.17) is 9.47 Å². The minimum atomic E-state index is -0.0651.